The van der Waals surface area contributed by atoms with Crippen molar-refractivity contribution in [2.24, 2.45) is 0 Å². The Hall–Kier alpha value is -3.69. The third-order valence-corrected chi connectivity index (χ3v) is 5.17. The molecule has 1 saturated heterocycles. The number of furan rings is 1. The lowest BCUT2D eigenvalue weighted by atomic mass is 10.1. The van der Waals surface area contributed by atoms with Gasteiger partial charge in [0.1, 0.15) is 17.6 Å². The number of rotatable bonds is 10. The average Bonchev–Trinajstić information content (AvgIpc) is 3.48. The van der Waals surface area contributed by atoms with Gasteiger partial charge in [0.15, 0.2) is 5.65 Å². The SMILES string of the molecule is O=C(CC1NC(=O)N(Cc2ccco2)C1=O)NCCCCCc1nnc2ccccn12. The van der Waals surface area contributed by atoms with Crippen LogP contribution in [0.5, 0.6) is 0 Å². The molecule has 10 nitrogen and oxygen atoms in total. The zero-order chi connectivity index (χ0) is 21.6. The topological polar surface area (TPSA) is 122 Å². The third-order valence-electron chi connectivity index (χ3n) is 5.17. The van der Waals surface area contributed by atoms with Crippen molar-refractivity contribution in [3.63, 3.8) is 0 Å². The van der Waals surface area contributed by atoms with Crippen LogP contribution in [0.25, 0.3) is 5.65 Å². The second kappa shape index (κ2) is 9.41. The van der Waals surface area contributed by atoms with Crippen LogP contribution in [-0.4, -0.2) is 49.9 Å². The van der Waals surface area contributed by atoms with Crippen LogP contribution in [0.15, 0.2) is 47.2 Å². The summed E-state index contributed by atoms with van der Waals surface area (Å²) in [4.78, 5) is 37.7. The Morgan fingerprint density at radius 2 is 2.03 bits per heavy atom. The molecular formula is C21H24N6O4. The molecule has 0 aliphatic carbocycles. The first-order valence-corrected chi connectivity index (χ1v) is 10.3. The number of aryl methyl sites for hydroxylation is 1. The number of nitrogens with one attached hydrogen (secondary N) is 2. The number of unbranched alkanes of at least 4 members (excludes halogenated alkanes) is 2. The second-order valence-electron chi connectivity index (χ2n) is 7.42. The van der Waals surface area contributed by atoms with Gasteiger partial charge in [-0.1, -0.05) is 12.5 Å². The lowest BCUT2D eigenvalue weighted by molar-refractivity contribution is -0.131. The maximum atomic E-state index is 12.4. The summed E-state index contributed by atoms with van der Waals surface area (Å²) in [5, 5.41) is 13.7. The molecule has 162 valence electrons. The van der Waals surface area contributed by atoms with E-state index in [4.69, 9.17) is 4.42 Å². The first-order valence-electron chi connectivity index (χ1n) is 10.3. The van der Waals surface area contributed by atoms with Gasteiger partial charge in [0.25, 0.3) is 5.91 Å². The van der Waals surface area contributed by atoms with Gasteiger partial charge in [0.2, 0.25) is 5.91 Å². The lowest BCUT2D eigenvalue weighted by Crippen LogP contribution is -2.36. The minimum absolute atomic E-state index is 0.0527. The summed E-state index contributed by atoms with van der Waals surface area (Å²) >= 11 is 0. The Morgan fingerprint density at radius 3 is 2.87 bits per heavy atom. The maximum absolute atomic E-state index is 12.4. The fourth-order valence-electron chi connectivity index (χ4n) is 3.56. The molecule has 0 spiro atoms. The predicted octanol–water partition coefficient (Wildman–Crippen LogP) is 1.66. The van der Waals surface area contributed by atoms with Crippen molar-refractivity contribution in [1.29, 1.82) is 0 Å². The van der Waals surface area contributed by atoms with Crippen molar-refractivity contribution in [3.8, 4) is 0 Å². The molecule has 31 heavy (non-hydrogen) atoms. The van der Waals surface area contributed by atoms with Crippen molar-refractivity contribution in [1.82, 2.24) is 30.1 Å². The minimum Gasteiger partial charge on any atom is -0.467 e. The summed E-state index contributed by atoms with van der Waals surface area (Å²) in [7, 11) is 0. The fraction of sp³-hybridized carbons (Fsp3) is 0.381. The molecule has 3 aromatic heterocycles. The van der Waals surface area contributed by atoms with E-state index in [1.165, 1.54) is 6.26 Å². The second-order valence-corrected chi connectivity index (χ2v) is 7.42. The summed E-state index contributed by atoms with van der Waals surface area (Å²) in [5.74, 6) is 0.751. The van der Waals surface area contributed by atoms with Gasteiger partial charge in [-0.25, -0.2) is 4.79 Å². The number of carbonyl (C=O) groups excluding carboxylic acids is 3. The van der Waals surface area contributed by atoms with E-state index in [-0.39, 0.29) is 18.9 Å². The van der Waals surface area contributed by atoms with E-state index in [1.807, 2.05) is 28.8 Å². The number of nitrogens with zero attached hydrogens (tertiary/aromatic N) is 4. The van der Waals surface area contributed by atoms with Crippen LogP contribution < -0.4 is 10.6 Å². The number of hydrogen-bond acceptors (Lipinski definition) is 6. The van der Waals surface area contributed by atoms with Crippen molar-refractivity contribution in [2.75, 3.05) is 6.54 Å². The highest BCUT2D eigenvalue weighted by Crippen LogP contribution is 2.14. The smallest absolute Gasteiger partial charge is 0.325 e. The average molecular weight is 424 g/mol. The summed E-state index contributed by atoms with van der Waals surface area (Å²) in [6, 6.07) is 7.81. The highest BCUT2D eigenvalue weighted by molar-refractivity contribution is 6.05. The number of fused-ring (bicyclic) bond motifs is 1. The first kappa shape index (κ1) is 20.6. The molecule has 4 rings (SSSR count). The predicted molar refractivity (Wildman–Crippen MR) is 110 cm³/mol. The highest BCUT2D eigenvalue weighted by atomic mass is 16.3. The quantitative estimate of drug-likeness (QED) is 0.377. The molecule has 1 aliphatic heterocycles. The van der Waals surface area contributed by atoms with Crippen molar-refractivity contribution in [2.45, 2.75) is 44.7 Å². The van der Waals surface area contributed by atoms with E-state index < -0.39 is 18.0 Å². The van der Waals surface area contributed by atoms with Gasteiger partial charge >= 0.3 is 6.03 Å². The van der Waals surface area contributed by atoms with E-state index in [9.17, 15) is 14.4 Å². The lowest BCUT2D eigenvalue weighted by Gasteiger charge is -2.11. The van der Waals surface area contributed by atoms with Gasteiger partial charge in [0.05, 0.1) is 19.2 Å². The molecule has 0 aromatic carbocycles. The van der Waals surface area contributed by atoms with Gasteiger partial charge in [-0.3, -0.25) is 18.9 Å². The number of urea groups is 1. The van der Waals surface area contributed by atoms with E-state index in [2.05, 4.69) is 20.8 Å². The molecule has 1 fully saturated rings. The van der Waals surface area contributed by atoms with Crippen molar-refractivity contribution < 1.29 is 18.8 Å². The van der Waals surface area contributed by atoms with Crippen LogP contribution in [-0.2, 0) is 22.6 Å². The number of imide groups is 1. The molecule has 10 heteroatoms. The number of pyridine rings is 1. The fourth-order valence-corrected chi connectivity index (χ4v) is 3.56. The van der Waals surface area contributed by atoms with Crippen LogP contribution >= 0.6 is 0 Å². The summed E-state index contributed by atoms with van der Waals surface area (Å²) in [6.07, 6.45) is 6.84. The zero-order valence-corrected chi connectivity index (χ0v) is 17.0. The normalized spacial score (nSPS) is 16.1. The number of amides is 4. The van der Waals surface area contributed by atoms with Crippen LogP contribution in [0.1, 0.15) is 37.3 Å². The van der Waals surface area contributed by atoms with Crippen LogP contribution in [0.4, 0.5) is 4.79 Å². The largest absolute Gasteiger partial charge is 0.467 e. The summed E-state index contributed by atoms with van der Waals surface area (Å²) < 4.78 is 7.15. The van der Waals surface area contributed by atoms with E-state index in [0.29, 0.717) is 12.3 Å². The summed E-state index contributed by atoms with van der Waals surface area (Å²) in [5.41, 5.74) is 0.834. The van der Waals surface area contributed by atoms with Gasteiger partial charge in [-0.2, -0.15) is 0 Å². The first-order chi connectivity index (χ1) is 15.1. The number of hydrogen-bond donors (Lipinski definition) is 2. The van der Waals surface area contributed by atoms with E-state index in [0.717, 1.165) is 42.1 Å². The summed E-state index contributed by atoms with van der Waals surface area (Å²) in [6.45, 7) is 0.571. The molecule has 4 amide bonds. The van der Waals surface area contributed by atoms with E-state index >= 15 is 0 Å². The third kappa shape index (κ3) is 4.90. The monoisotopic (exact) mass is 424 g/mol. The van der Waals surface area contributed by atoms with Crippen LogP contribution in [0, 0.1) is 0 Å². The Morgan fingerprint density at radius 1 is 1.13 bits per heavy atom. The molecule has 0 saturated carbocycles. The molecule has 4 heterocycles. The highest BCUT2D eigenvalue weighted by Gasteiger charge is 2.39. The van der Waals surface area contributed by atoms with Gasteiger partial charge in [-0.15, -0.1) is 10.2 Å². The number of aromatic nitrogens is 3. The van der Waals surface area contributed by atoms with Crippen molar-refractivity contribution in [3.05, 3.63) is 54.4 Å². The molecule has 2 N–H and O–H groups in total. The molecule has 1 unspecified atom stereocenters. The molecule has 0 radical (unpaired) electrons. The standard InChI is InChI=1S/C21H24N6O4/c28-19(13-16-20(29)27(21(30)23-16)14-15-7-6-12-31-15)22-10-4-1-2-8-17-24-25-18-9-3-5-11-26(17)18/h3,5-7,9,11-12,16H,1-2,4,8,10,13-14H2,(H,22,28)(H,23,30). The zero-order valence-electron chi connectivity index (χ0n) is 17.0. The maximum Gasteiger partial charge on any atom is 0.325 e. The van der Waals surface area contributed by atoms with Crippen LogP contribution in [0.3, 0.4) is 0 Å². The van der Waals surface area contributed by atoms with E-state index in [1.54, 1.807) is 12.1 Å². The van der Waals surface area contributed by atoms with Gasteiger partial charge in [-0.05, 0) is 37.1 Å². The Bertz CT molecular complexity index is 1060. The van der Waals surface area contributed by atoms with Crippen molar-refractivity contribution >= 4 is 23.5 Å². The molecule has 1 atom stereocenters. The van der Waals surface area contributed by atoms with Gasteiger partial charge < -0.3 is 15.1 Å². The molecule has 3 aromatic rings. The molecule has 0 bridgehead atoms. The number of carbonyl (C=O) groups is 3. The van der Waals surface area contributed by atoms with Crippen LogP contribution in [0.2, 0.25) is 0 Å². The Labute approximate surface area is 178 Å². The molecule has 1 aliphatic rings. The Balaban J connectivity index is 1.14. The van der Waals surface area contributed by atoms with Gasteiger partial charge in [0, 0.05) is 19.2 Å². The molecular weight excluding hydrogens is 400 g/mol. The minimum atomic E-state index is -0.844. The Kier molecular flexibility index (Phi) is 6.25.